The van der Waals surface area contributed by atoms with Crippen molar-refractivity contribution in [3.05, 3.63) is 107 Å². The molecule has 1 aliphatic heterocycles. The lowest BCUT2D eigenvalue weighted by molar-refractivity contribution is -0.130. The predicted molar refractivity (Wildman–Crippen MR) is 102 cm³/mol. The molecule has 0 spiro atoms. The number of amides is 1. The molecule has 4 rings (SSSR count). The lowest BCUT2D eigenvalue weighted by Crippen LogP contribution is -2.43. The Morgan fingerprint density at radius 2 is 1.48 bits per heavy atom. The average Bonchev–Trinajstić information content (AvgIpc) is 2.95. The lowest BCUT2D eigenvalue weighted by Gasteiger charge is -2.27. The van der Waals surface area contributed by atoms with Crippen LogP contribution in [0.25, 0.3) is 0 Å². The highest BCUT2D eigenvalue weighted by Crippen LogP contribution is 2.39. The number of hydrogen-bond donors (Lipinski definition) is 1. The molecule has 3 aromatic carbocycles. The monoisotopic (exact) mass is 359 g/mol. The van der Waals surface area contributed by atoms with Gasteiger partial charge in [-0.3, -0.25) is 9.69 Å². The van der Waals surface area contributed by atoms with Crippen LogP contribution in [0.1, 0.15) is 16.7 Å². The van der Waals surface area contributed by atoms with Gasteiger partial charge in [0.15, 0.2) is 11.5 Å². The molecule has 0 bridgehead atoms. The first kappa shape index (κ1) is 17.0. The third kappa shape index (κ3) is 2.87. The van der Waals surface area contributed by atoms with Crippen molar-refractivity contribution in [3.8, 4) is 0 Å². The average molecular weight is 359 g/mol. The molecule has 0 saturated heterocycles. The fraction of sp³-hybridized carbons (Fsp3) is 0.0909. The molecule has 1 aliphatic rings. The van der Waals surface area contributed by atoms with Gasteiger partial charge in [-0.2, -0.15) is 0 Å². The van der Waals surface area contributed by atoms with E-state index < -0.39 is 5.54 Å². The molecule has 1 amide bonds. The van der Waals surface area contributed by atoms with E-state index in [1.54, 1.807) is 12.1 Å². The van der Waals surface area contributed by atoms with Gasteiger partial charge in [-0.25, -0.2) is 9.38 Å². The molecule has 0 aliphatic carbocycles. The van der Waals surface area contributed by atoms with Gasteiger partial charge in [0.1, 0.15) is 5.82 Å². The van der Waals surface area contributed by atoms with Crippen LogP contribution in [0.2, 0.25) is 0 Å². The summed E-state index contributed by atoms with van der Waals surface area (Å²) in [6.45, 7) is 0.160. The van der Waals surface area contributed by atoms with Crippen LogP contribution in [0.5, 0.6) is 0 Å². The Kier molecular flexibility index (Phi) is 4.20. The maximum atomic E-state index is 13.6. The Labute approximate surface area is 156 Å². The molecular weight excluding hydrogens is 341 g/mol. The topological polar surface area (TPSA) is 58.7 Å². The number of nitrogens with zero attached hydrogens (tertiary/aromatic N) is 2. The van der Waals surface area contributed by atoms with Gasteiger partial charge in [0.2, 0.25) is 0 Å². The lowest BCUT2D eigenvalue weighted by atomic mass is 9.83. The summed E-state index contributed by atoms with van der Waals surface area (Å²) < 4.78 is 13.6. The molecular formula is C22H18FN3O. The summed E-state index contributed by atoms with van der Waals surface area (Å²) in [5.74, 6) is -0.481. The molecule has 3 aromatic rings. The smallest absolute Gasteiger partial charge is 0.266 e. The molecule has 27 heavy (non-hydrogen) atoms. The summed E-state index contributed by atoms with van der Waals surface area (Å²) in [6.07, 6.45) is 0. The van der Waals surface area contributed by atoms with Gasteiger partial charge in [-0.05, 0) is 28.8 Å². The van der Waals surface area contributed by atoms with Crippen LogP contribution in [-0.2, 0) is 16.9 Å². The predicted octanol–water partition coefficient (Wildman–Crippen LogP) is 3.43. The fourth-order valence-corrected chi connectivity index (χ4v) is 3.45. The Morgan fingerprint density at radius 1 is 0.889 bits per heavy atom. The minimum Gasteiger partial charge on any atom is -0.369 e. The van der Waals surface area contributed by atoms with Crippen LogP contribution in [0.3, 0.4) is 0 Å². The maximum absolute atomic E-state index is 13.6. The second-order valence-electron chi connectivity index (χ2n) is 6.43. The van der Waals surface area contributed by atoms with Gasteiger partial charge in [0, 0.05) is 0 Å². The van der Waals surface area contributed by atoms with Crippen molar-refractivity contribution in [2.45, 2.75) is 12.1 Å². The van der Waals surface area contributed by atoms with Gasteiger partial charge < -0.3 is 5.73 Å². The first-order valence-corrected chi connectivity index (χ1v) is 8.64. The van der Waals surface area contributed by atoms with E-state index in [2.05, 4.69) is 4.99 Å². The highest BCUT2D eigenvalue weighted by Gasteiger charge is 2.50. The normalized spacial score (nSPS) is 15.7. The quantitative estimate of drug-likeness (QED) is 0.776. The summed E-state index contributed by atoms with van der Waals surface area (Å²) in [4.78, 5) is 19.6. The SMILES string of the molecule is NC1=NC(c2ccccc2)(c2ccccc2)C(=O)N1Cc1cccc(F)c1. The summed E-state index contributed by atoms with van der Waals surface area (Å²) in [7, 11) is 0. The van der Waals surface area contributed by atoms with Crippen LogP contribution in [0.15, 0.2) is 89.9 Å². The van der Waals surface area contributed by atoms with Crippen LogP contribution >= 0.6 is 0 Å². The minimum atomic E-state index is -1.24. The molecule has 0 fully saturated rings. The number of aliphatic imine (C=N–C) groups is 1. The molecule has 0 atom stereocenters. The maximum Gasteiger partial charge on any atom is 0.266 e. The summed E-state index contributed by atoms with van der Waals surface area (Å²) in [6, 6.07) is 24.9. The van der Waals surface area contributed by atoms with Crippen molar-refractivity contribution in [2.75, 3.05) is 0 Å². The Balaban J connectivity index is 1.81. The van der Waals surface area contributed by atoms with Gasteiger partial charge in [0.25, 0.3) is 5.91 Å². The van der Waals surface area contributed by atoms with E-state index in [4.69, 9.17) is 5.73 Å². The summed E-state index contributed by atoms with van der Waals surface area (Å²) >= 11 is 0. The third-order valence-electron chi connectivity index (χ3n) is 4.73. The van der Waals surface area contributed by atoms with E-state index in [-0.39, 0.29) is 24.2 Å². The second kappa shape index (κ2) is 6.68. The summed E-state index contributed by atoms with van der Waals surface area (Å²) in [5.41, 5.74) is 7.07. The van der Waals surface area contributed by atoms with Crippen LogP contribution < -0.4 is 5.73 Å². The van der Waals surface area contributed by atoms with E-state index in [9.17, 15) is 9.18 Å². The molecule has 0 radical (unpaired) electrons. The number of halogens is 1. The molecule has 1 heterocycles. The van der Waals surface area contributed by atoms with Crippen molar-refractivity contribution in [2.24, 2.45) is 10.7 Å². The van der Waals surface area contributed by atoms with Gasteiger partial charge in [0.05, 0.1) is 6.54 Å². The van der Waals surface area contributed by atoms with Crippen LogP contribution in [0, 0.1) is 5.82 Å². The van der Waals surface area contributed by atoms with Crippen molar-refractivity contribution in [1.82, 2.24) is 4.90 Å². The van der Waals surface area contributed by atoms with E-state index >= 15 is 0 Å². The number of nitrogens with two attached hydrogens (primary N) is 1. The van der Waals surface area contributed by atoms with Crippen molar-refractivity contribution >= 4 is 11.9 Å². The van der Waals surface area contributed by atoms with Gasteiger partial charge in [-0.15, -0.1) is 0 Å². The first-order valence-electron chi connectivity index (χ1n) is 8.64. The number of carbonyl (C=O) groups excluding carboxylic acids is 1. The molecule has 134 valence electrons. The zero-order valence-corrected chi connectivity index (χ0v) is 14.5. The number of carbonyl (C=O) groups is 1. The molecule has 0 unspecified atom stereocenters. The fourth-order valence-electron chi connectivity index (χ4n) is 3.45. The van der Waals surface area contributed by atoms with Gasteiger partial charge in [-0.1, -0.05) is 72.8 Å². The number of guanidine groups is 1. The third-order valence-corrected chi connectivity index (χ3v) is 4.73. The van der Waals surface area contributed by atoms with Gasteiger partial charge >= 0.3 is 0 Å². The number of benzene rings is 3. The standard InChI is InChI=1S/C22H18FN3O/c23-19-13-7-8-16(14-19)15-26-20(27)22(25-21(26)24,17-9-3-1-4-10-17)18-11-5-2-6-12-18/h1-14H,15H2,(H2,24,25). The molecule has 0 saturated carbocycles. The Hall–Kier alpha value is -3.47. The minimum absolute atomic E-state index is 0.122. The first-order chi connectivity index (χ1) is 13.1. The van der Waals surface area contributed by atoms with E-state index in [0.29, 0.717) is 5.56 Å². The Morgan fingerprint density at radius 3 is 2.04 bits per heavy atom. The molecule has 0 aromatic heterocycles. The zero-order chi connectivity index (χ0) is 18.9. The van der Waals surface area contributed by atoms with Crippen LogP contribution in [-0.4, -0.2) is 16.8 Å². The molecule has 5 heteroatoms. The molecule has 2 N–H and O–H groups in total. The number of rotatable bonds is 4. The van der Waals surface area contributed by atoms with E-state index in [1.165, 1.54) is 17.0 Å². The summed E-state index contributed by atoms with van der Waals surface area (Å²) in [5, 5.41) is 0. The van der Waals surface area contributed by atoms with E-state index in [1.807, 2.05) is 60.7 Å². The zero-order valence-electron chi connectivity index (χ0n) is 14.5. The highest BCUT2D eigenvalue weighted by molar-refractivity contribution is 6.09. The second-order valence-corrected chi connectivity index (χ2v) is 6.43. The van der Waals surface area contributed by atoms with Crippen LogP contribution in [0.4, 0.5) is 4.39 Å². The highest BCUT2D eigenvalue weighted by atomic mass is 19.1. The Bertz CT molecular complexity index is 963. The van der Waals surface area contributed by atoms with Crippen molar-refractivity contribution in [3.63, 3.8) is 0 Å². The van der Waals surface area contributed by atoms with Crippen molar-refractivity contribution in [1.29, 1.82) is 0 Å². The largest absolute Gasteiger partial charge is 0.369 e. The molecule has 4 nitrogen and oxygen atoms in total. The number of hydrogen-bond acceptors (Lipinski definition) is 3. The van der Waals surface area contributed by atoms with Crippen molar-refractivity contribution < 1.29 is 9.18 Å². The van der Waals surface area contributed by atoms with E-state index in [0.717, 1.165) is 11.1 Å².